The zero-order valence-corrected chi connectivity index (χ0v) is 14.0. The lowest BCUT2D eigenvalue weighted by molar-refractivity contribution is -0.121. The fourth-order valence-corrected chi connectivity index (χ4v) is 4.00. The number of carbonyl (C=O) groups is 1. The van der Waals surface area contributed by atoms with E-state index in [2.05, 4.69) is 16.3 Å². The number of likely N-dealkylation sites (tertiary alicyclic amines) is 1. The summed E-state index contributed by atoms with van der Waals surface area (Å²) in [6, 6.07) is 6.35. The molecule has 1 amide bonds. The van der Waals surface area contributed by atoms with Crippen LogP contribution in [0.25, 0.3) is 6.08 Å². The van der Waals surface area contributed by atoms with Crippen LogP contribution in [0, 0.1) is 17.7 Å². The number of halogens is 1. The number of aliphatic hydroxyl groups excluding tert-OH is 1. The van der Waals surface area contributed by atoms with Crippen LogP contribution in [0.5, 0.6) is 0 Å². The Morgan fingerprint density at radius 2 is 1.96 bits per heavy atom. The molecule has 0 bridgehead atoms. The second-order valence-electron chi connectivity index (χ2n) is 7.04. The summed E-state index contributed by atoms with van der Waals surface area (Å²) in [6.45, 7) is 4.34. The van der Waals surface area contributed by atoms with Crippen LogP contribution >= 0.6 is 0 Å². The minimum atomic E-state index is -0.440. The second-order valence-corrected chi connectivity index (χ2v) is 7.04. The van der Waals surface area contributed by atoms with Gasteiger partial charge in [-0.25, -0.2) is 4.39 Å². The maximum Gasteiger partial charge on any atom is 0.217 e. The van der Waals surface area contributed by atoms with Crippen LogP contribution in [0.3, 0.4) is 0 Å². The van der Waals surface area contributed by atoms with Gasteiger partial charge < -0.3 is 10.4 Å². The Morgan fingerprint density at radius 3 is 2.62 bits per heavy atom. The van der Waals surface area contributed by atoms with E-state index in [-0.39, 0.29) is 17.8 Å². The van der Waals surface area contributed by atoms with Crippen molar-refractivity contribution in [3.05, 3.63) is 41.7 Å². The van der Waals surface area contributed by atoms with Crippen molar-refractivity contribution in [1.29, 1.82) is 0 Å². The third-order valence-electron chi connectivity index (χ3n) is 5.15. The van der Waals surface area contributed by atoms with E-state index in [0.717, 1.165) is 38.0 Å². The lowest BCUT2D eigenvalue weighted by Crippen LogP contribution is -2.48. The lowest BCUT2D eigenvalue weighted by Gasteiger charge is -2.35. The van der Waals surface area contributed by atoms with Crippen LogP contribution in [0.1, 0.15) is 25.3 Å². The SMILES string of the molecule is CC(=O)N[C@@H]1C[C@@H]2CN(C/C=C/c3ccc(F)cc3)C[C@@H]2C[C@H]1O. The first-order chi connectivity index (χ1) is 11.5. The van der Waals surface area contributed by atoms with Crippen molar-refractivity contribution < 1.29 is 14.3 Å². The zero-order chi connectivity index (χ0) is 17.1. The molecule has 2 fully saturated rings. The zero-order valence-electron chi connectivity index (χ0n) is 14.0. The molecule has 24 heavy (non-hydrogen) atoms. The van der Waals surface area contributed by atoms with E-state index in [0.29, 0.717) is 11.8 Å². The van der Waals surface area contributed by atoms with E-state index >= 15 is 0 Å². The molecule has 4 nitrogen and oxygen atoms in total. The van der Waals surface area contributed by atoms with Crippen molar-refractivity contribution in [1.82, 2.24) is 10.2 Å². The van der Waals surface area contributed by atoms with Gasteiger partial charge in [-0.3, -0.25) is 9.69 Å². The molecule has 1 saturated carbocycles. The first-order valence-corrected chi connectivity index (χ1v) is 8.61. The van der Waals surface area contributed by atoms with Crippen LogP contribution in [0.4, 0.5) is 4.39 Å². The molecule has 0 aromatic heterocycles. The first-order valence-electron chi connectivity index (χ1n) is 8.61. The van der Waals surface area contributed by atoms with Gasteiger partial charge in [-0.15, -0.1) is 0 Å². The fraction of sp³-hybridized carbons (Fsp3) is 0.526. The van der Waals surface area contributed by atoms with Crippen molar-refractivity contribution in [3.63, 3.8) is 0 Å². The minimum Gasteiger partial charge on any atom is -0.391 e. The number of benzene rings is 1. The van der Waals surface area contributed by atoms with E-state index in [1.807, 2.05) is 6.08 Å². The maximum absolute atomic E-state index is 12.9. The highest BCUT2D eigenvalue weighted by Crippen LogP contribution is 2.36. The van der Waals surface area contributed by atoms with Gasteiger partial charge in [0.05, 0.1) is 12.1 Å². The highest BCUT2D eigenvalue weighted by atomic mass is 19.1. The number of hydrogen-bond donors (Lipinski definition) is 2. The molecular formula is C19H25FN2O2. The van der Waals surface area contributed by atoms with E-state index in [9.17, 15) is 14.3 Å². The highest BCUT2D eigenvalue weighted by Gasteiger charge is 2.41. The predicted octanol–water partition coefficient (Wildman–Crippen LogP) is 2.05. The van der Waals surface area contributed by atoms with Crippen molar-refractivity contribution in [2.75, 3.05) is 19.6 Å². The average molecular weight is 332 g/mol. The van der Waals surface area contributed by atoms with E-state index in [1.165, 1.54) is 19.1 Å². The molecule has 2 aliphatic rings. The molecule has 4 atom stereocenters. The van der Waals surface area contributed by atoms with Crippen LogP contribution in [-0.4, -0.2) is 47.7 Å². The molecule has 1 aliphatic heterocycles. The number of nitrogens with zero attached hydrogens (tertiary/aromatic N) is 1. The summed E-state index contributed by atoms with van der Waals surface area (Å²) >= 11 is 0. The molecule has 3 rings (SSSR count). The van der Waals surface area contributed by atoms with Gasteiger partial charge in [0.1, 0.15) is 5.82 Å². The van der Waals surface area contributed by atoms with E-state index < -0.39 is 6.10 Å². The molecule has 1 aliphatic carbocycles. The topological polar surface area (TPSA) is 52.6 Å². The number of nitrogens with one attached hydrogen (secondary N) is 1. The standard InChI is InChI=1S/C19H25FN2O2/c1-13(23)21-18-9-15-11-22(12-16(15)10-19(18)24)8-2-3-14-4-6-17(20)7-5-14/h2-7,15-16,18-19,24H,8-12H2,1H3,(H,21,23)/b3-2+/t15-,16+,18-,19-/m1/s1. The first kappa shape index (κ1) is 17.1. The summed E-state index contributed by atoms with van der Waals surface area (Å²) in [5.41, 5.74) is 0.995. The summed E-state index contributed by atoms with van der Waals surface area (Å²) in [5, 5.41) is 13.1. The third-order valence-corrected chi connectivity index (χ3v) is 5.15. The van der Waals surface area contributed by atoms with Gasteiger partial charge in [-0.1, -0.05) is 24.3 Å². The molecule has 130 valence electrons. The summed E-state index contributed by atoms with van der Waals surface area (Å²) in [6.07, 6.45) is 5.28. The Morgan fingerprint density at radius 1 is 1.29 bits per heavy atom. The Hall–Kier alpha value is -1.72. The summed E-state index contributed by atoms with van der Waals surface area (Å²) < 4.78 is 12.9. The minimum absolute atomic E-state index is 0.0745. The monoisotopic (exact) mass is 332 g/mol. The normalized spacial score (nSPS) is 30.5. The van der Waals surface area contributed by atoms with Gasteiger partial charge in [0, 0.05) is 26.6 Å². The van der Waals surface area contributed by atoms with Crippen molar-refractivity contribution in [2.45, 2.75) is 31.9 Å². The largest absolute Gasteiger partial charge is 0.391 e. The van der Waals surface area contributed by atoms with Gasteiger partial charge in [-0.2, -0.15) is 0 Å². The van der Waals surface area contributed by atoms with Crippen LogP contribution in [0.2, 0.25) is 0 Å². The Labute approximate surface area is 142 Å². The van der Waals surface area contributed by atoms with Crippen molar-refractivity contribution in [2.24, 2.45) is 11.8 Å². The Bertz CT molecular complexity index is 602. The molecule has 1 aromatic rings. The number of hydrogen-bond acceptors (Lipinski definition) is 3. The smallest absolute Gasteiger partial charge is 0.217 e. The van der Waals surface area contributed by atoms with Gasteiger partial charge >= 0.3 is 0 Å². The highest BCUT2D eigenvalue weighted by molar-refractivity contribution is 5.73. The van der Waals surface area contributed by atoms with Crippen LogP contribution < -0.4 is 5.32 Å². The summed E-state index contributed by atoms with van der Waals surface area (Å²) in [5.74, 6) is 0.742. The molecule has 0 spiro atoms. The van der Waals surface area contributed by atoms with Crippen LogP contribution in [0.15, 0.2) is 30.3 Å². The third kappa shape index (κ3) is 4.22. The molecule has 5 heteroatoms. The lowest BCUT2D eigenvalue weighted by atomic mass is 9.77. The molecule has 2 N–H and O–H groups in total. The van der Waals surface area contributed by atoms with Gasteiger partial charge in [0.15, 0.2) is 0 Å². The van der Waals surface area contributed by atoms with E-state index in [4.69, 9.17) is 0 Å². The predicted molar refractivity (Wildman–Crippen MR) is 91.7 cm³/mol. The van der Waals surface area contributed by atoms with Crippen molar-refractivity contribution in [3.8, 4) is 0 Å². The Kier molecular flexibility index (Phi) is 5.31. The Balaban J connectivity index is 1.51. The average Bonchev–Trinajstić information content (AvgIpc) is 2.90. The van der Waals surface area contributed by atoms with Crippen LogP contribution in [-0.2, 0) is 4.79 Å². The second kappa shape index (κ2) is 7.45. The fourth-order valence-electron chi connectivity index (χ4n) is 4.00. The van der Waals surface area contributed by atoms with Gasteiger partial charge in [0.25, 0.3) is 0 Å². The number of amides is 1. The molecule has 0 unspecified atom stereocenters. The number of carbonyl (C=O) groups excluding carboxylic acids is 1. The quantitative estimate of drug-likeness (QED) is 0.887. The molecule has 0 radical (unpaired) electrons. The van der Waals surface area contributed by atoms with E-state index in [1.54, 1.807) is 12.1 Å². The molecule has 1 aromatic carbocycles. The van der Waals surface area contributed by atoms with Gasteiger partial charge in [-0.05, 0) is 42.4 Å². The number of aliphatic hydroxyl groups is 1. The maximum atomic E-state index is 12.9. The molecule has 1 saturated heterocycles. The summed E-state index contributed by atoms with van der Waals surface area (Å²) in [4.78, 5) is 13.6. The molecule has 1 heterocycles. The number of rotatable bonds is 4. The van der Waals surface area contributed by atoms with Gasteiger partial charge in [0.2, 0.25) is 5.91 Å². The number of fused-ring (bicyclic) bond motifs is 1. The van der Waals surface area contributed by atoms with Crippen molar-refractivity contribution >= 4 is 12.0 Å². The molecular weight excluding hydrogens is 307 g/mol. The summed E-state index contributed by atoms with van der Waals surface area (Å²) in [7, 11) is 0.